The molecule has 128 valence electrons. The predicted octanol–water partition coefficient (Wildman–Crippen LogP) is 3.27. The van der Waals surface area contributed by atoms with Gasteiger partial charge in [-0.3, -0.25) is 9.80 Å². The van der Waals surface area contributed by atoms with E-state index in [9.17, 15) is 0 Å². The molecule has 0 aliphatic heterocycles. The third-order valence-corrected chi connectivity index (χ3v) is 4.64. The first-order valence-corrected chi connectivity index (χ1v) is 8.65. The minimum Gasteiger partial charge on any atom is -0.305 e. The fourth-order valence-corrected chi connectivity index (χ4v) is 3.81. The number of hydrogen-bond donors (Lipinski definition) is 0. The normalized spacial score (nSPS) is 13.0. The number of fused-ring (bicyclic) bond motifs is 3. The van der Waals surface area contributed by atoms with Gasteiger partial charge in [-0.05, 0) is 75.0 Å². The summed E-state index contributed by atoms with van der Waals surface area (Å²) in [5.41, 5.74) is 8.81. The average Bonchev–Trinajstić information content (AvgIpc) is 2.87. The van der Waals surface area contributed by atoms with Crippen molar-refractivity contribution in [2.45, 2.75) is 19.5 Å². The van der Waals surface area contributed by atoms with E-state index < -0.39 is 0 Å². The van der Waals surface area contributed by atoms with Gasteiger partial charge in [-0.1, -0.05) is 36.4 Å². The van der Waals surface area contributed by atoms with Crippen LogP contribution in [0.15, 0.2) is 36.4 Å². The quantitative estimate of drug-likeness (QED) is 0.645. The van der Waals surface area contributed by atoms with Crippen molar-refractivity contribution in [1.82, 2.24) is 14.7 Å². The molecule has 2 aromatic rings. The summed E-state index contributed by atoms with van der Waals surface area (Å²) in [4.78, 5) is 6.89. The minimum atomic E-state index is 0.970. The molecule has 0 saturated heterocycles. The Bertz CT molecular complexity index is 719. The molecule has 0 N–H and O–H groups in total. The van der Waals surface area contributed by atoms with E-state index in [1.165, 1.54) is 33.4 Å². The summed E-state index contributed by atoms with van der Waals surface area (Å²) < 4.78 is 0. The highest BCUT2D eigenvalue weighted by Gasteiger charge is 2.23. The van der Waals surface area contributed by atoms with Crippen molar-refractivity contribution in [3.8, 4) is 11.1 Å². The number of benzene rings is 2. The lowest BCUT2D eigenvalue weighted by Crippen LogP contribution is -2.30. The Balaban J connectivity index is 2.00. The molecule has 0 spiro atoms. The van der Waals surface area contributed by atoms with Crippen LogP contribution in [0.5, 0.6) is 0 Å². The fraction of sp³-hybridized carbons (Fsp3) is 0.429. The van der Waals surface area contributed by atoms with Crippen molar-refractivity contribution in [2.75, 3.05) is 41.9 Å². The van der Waals surface area contributed by atoms with Crippen molar-refractivity contribution in [3.63, 3.8) is 0 Å². The molecule has 0 fully saturated rings. The molecule has 0 atom stereocenters. The van der Waals surface area contributed by atoms with Gasteiger partial charge < -0.3 is 4.90 Å². The lowest BCUT2D eigenvalue weighted by molar-refractivity contribution is 0.203. The van der Waals surface area contributed by atoms with Crippen LogP contribution in [0.3, 0.4) is 0 Å². The third-order valence-electron chi connectivity index (χ3n) is 4.64. The van der Waals surface area contributed by atoms with Gasteiger partial charge in [0, 0.05) is 13.1 Å². The van der Waals surface area contributed by atoms with Crippen LogP contribution >= 0.6 is 0 Å². The molecule has 1 aliphatic carbocycles. The largest absolute Gasteiger partial charge is 0.305 e. The van der Waals surface area contributed by atoms with E-state index in [4.69, 9.17) is 0 Å². The molecule has 1 aliphatic rings. The first-order valence-electron chi connectivity index (χ1n) is 8.65. The maximum Gasteiger partial charge on any atom is 0.0501 e. The molecule has 2 aromatic carbocycles. The molecule has 0 saturated carbocycles. The Morgan fingerprint density at radius 1 is 0.792 bits per heavy atom. The van der Waals surface area contributed by atoms with E-state index >= 15 is 0 Å². The molecule has 0 amide bonds. The van der Waals surface area contributed by atoms with Crippen LogP contribution in [0.2, 0.25) is 0 Å². The van der Waals surface area contributed by atoms with Crippen molar-refractivity contribution in [1.29, 1.82) is 0 Å². The molecule has 0 bridgehead atoms. The molecule has 24 heavy (non-hydrogen) atoms. The highest BCUT2D eigenvalue weighted by atomic mass is 15.3. The number of rotatable bonds is 6. The van der Waals surface area contributed by atoms with E-state index in [1.807, 2.05) is 0 Å². The lowest BCUT2D eigenvalue weighted by atomic mass is 9.95. The number of hydrogen-bond acceptors (Lipinski definition) is 3. The van der Waals surface area contributed by atoms with Crippen molar-refractivity contribution < 1.29 is 0 Å². The molecule has 3 heteroatoms. The summed E-state index contributed by atoms with van der Waals surface area (Å²) >= 11 is 0. The topological polar surface area (TPSA) is 9.72 Å². The van der Waals surface area contributed by atoms with Gasteiger partial charge in [-0.2, -0.15) is 0 Å². The Labute approximate surface area is 146 Å². The van der Waals surface area contributed by atoms with Crippen LogP contribution in [0.4, 0.5) is 0 Å². The smallest absolute Gasteiger partial charge is 0.0501 e. The van der Waals surface area contributed by atoms with E-state index in [-0.39, 0.29) is 0 Å². The van der Waals surface area contributed by atoms with E-state index in [0.29, 0.717) is 0 Å². The first kappa shape index (κ1) is 17.2. The summed E-state index contributed by atoms with van der Waals surface area (Å²) in [6.45, 7) is 2.96. The highest BCUT2D eigenvalue weighted by molar-refractivity contribution is 5.78. The van der Waals surface area contributed by atoms with Gasteiger partial charge >= 0.3 is 0 Å². The summed E-state index contributed by atoms with van der Waals surface area (Å²) in [7, 11) is 10.8. The standard InChI is InChI=1S/C21H29N3/c1-22(2)13-17-10-11-19-18-9-7-6-8-16(18)12-20(19)21(17)14-24(5)15-23(3)4/h6-11H,12-15H2,1-5H3. The van der Waals surface area contributed by atoms with Gasteiger partial charge in [0.1, 0.15) is 0 Å². The second-order valence-electron chi connectivity index (χ2n) is 7.54. The SMILES string of the molecule is CN(C)Cc1ccc2c(c1CN(C)CN(C)C)Cc1ccccc1-2. The molecule has 0 aromatic heterocycles. The summed E-state index contributed by atoms with van der Waals surface area (Å²) in [5.74, 6) is 0. The Hall–Kier alpha value is -1.68. The van der Waals surface area contributed by atoms with E-state index in [2.05, 4.69) is 86.3 Å². The van der Waals surface area contributed by atoms with Crippen LogP contribution in [0.1, 0.15) is 22.3 Å². The zero-order valence-corrected chi connectivity index (χ0v) is 15.6. The van der Waals surface area contributed by atoms with E-state index in [1.54, 1.807) is 0 Å². The van der Waals surface area contributed by atoms with Crippen LogP contribution < -0.4 is 0 Å². The summed E-state index contributed by atoms with van der Waals surface area (Å²) in [6, 6.07) is 13.5. The summed E-state index contributed by atoms with van der Waals surface area (Å²) in [5, 5.41) is 0. The monoisotopic (exact) mass is 323 g/mol. The third kappa shape index (κ3) is 3.54. The maximum atomic E-state index is 2.40. The predicted molar refractivity (Wildman–Crippen MR) is 102 cm³/mol. The molecule has 0 radical (unpaired) electrons. The van der Waals surface area contributed by atoms with Gasteiger partial charge in [0.15, 0.2) is 0 Å². The molecule has 0 heterocycles. The maximum absolute atomic E-state index is 2.40. The first-order chi connectivity index (χ1) is 11.5. The zero-order chi connectivity index (χ0) is 17.3. The van der Waals surface area contributed by atoms with Gasteiger partial charge in [0.05, 0.1) is 6.67 Å². The Morgan fingerprint density at radius 2 is 1.54 bits per heavy atom. The molecule has 3 nitrogen and oxygen atoms in total. The van der Waals surface area contributed by atoms with Crippen LogP contribution in [-0.4, -0.2) is 56.6 Å². The molecular weight excluding hydrogens is 294 g/mol. The van der Waals surface area contributed by atoms with Crippen LogP contribution in [0, 0.1) is 0 Å². The van der Waals surface area contributed by atoms with Crippen molar-refractivity contribution in [2.24, 2.45) is 0 Å². The van der Waals surface area contributed by atoms with Gasteiger partial charge in [-0.15, -0.1) is 0 Å². The van der Waals surface area contributed by atoms with Gasteiger partial charge in [-0.25, -0.2) is 0 Å². The Morgan fingerprint density at radius 3 is 2.25 bits per heavy atom. The van der Waals surface area contributed by atoms with Crippen LogP contribution in [-0.2, 0) is 19.5 Å². The molecule has 0 unspecified atom stereocenters. The van der Waals surface area contributed by atoms with Gasteiger partial charge in [0.25, 0.3) is 0 Å². The molecule has 3 rings (SSSR count). The minimum absolute atomic E-state index is 0.970. The Kier molecular flexibility index (Phi) is 5.04. The zero-order valence-electron chi connectivity index (χ0n) is 15.6. The summed E-state index contributed by atoms with van der Waals surface area (Å²) in [6.07, 6.45) is 1.07. The second kappa shape index (κ2) is 7.06. The van der Waals surface area contributed by atoms with Crippen LogP contribution in [0.25, 0.3) is 11.1 Å². The highest BCUT2D eigenvalue weighted by Crippen LogP contribution is 2.39. The van der Waals surface area contributed by atoms with Crippen molar-refractivity contribution >= 4 is 0 Å². The number of nitrogens with zero attached hydrogens (tertiary/aromatic N) is 3. The fourth-order valence-electron chi connectivity index (χ4n) is 3.81. The van der Waals surface area contributed by atoms with Gasteiger partial charge in [0.2, 0.25) is 0 Å². The molecular formula is C21H29N3. The average molecular weight is 323 g/mol. The second-order valence-corrected chi connectivity index (χ2v) is 7.54. The van der Waals surface area contributed by atoms with Crippen molar-refractivity contribution in [3.05, 3.63) is 58.7 Å². The lowest BCUT2D eigenvalue weighted by Gasteiger charge is -2.25. The van der Waals surface area contributed by atoms with E-state index in [0.717, 1.165) is 26.2 Å².